The molecule has 0 aromatic carbocycles. The molecular weight excluding hydrogens is 536 g/mol. The lowest BCUT2D eigenvalue weighted by Gasteiger charge is -2.22. The van der Waals surface area contributed by atoms with Crippen LogP contribution in [0.3, 0.4) is 0 Å². The van der Waals surface area contributed by atoms with Crippen LogP contribution in [0.15, 0.2) is 11.6 Å². The maximum atomic E-state index is 12.9. The third-order valence-electron chi connectivity index (χ3n) is 8.82. The zero-order valence-electron chi connectivity index (χ0n) is 28.7. The summed E-state index contributed by atoms with van der Waals surface area (Å²) in [6, 6.07) is 0. The molecule has 0 spiro atoms. The normalized spacial score (nSPS) is 24.0. The molecule has 1 rings (SSSR count). The molecule has 0 aromatic rings. The number of carbonyl (C=O) groups is 2. The Morgan fingerprint density at radius 2 is 1.51 bits per heavy atom. The molecule has 1 fully saturated rings. The van der Waals surface area contributed by atoms with Crippen molar-refractivity contribution in [2.45, 2.75) is 175 Å². The highest BCUT2D eigenvalue weighted by Crippen LogP contribution is 2.22. The Labute approximate surface area is 266 Å². The first-order valence-corrected chi connectivity index (χ1v) is 18.5. The number of unbranched alkanes of at least 4 members (excludes halogenated alkanes) is 4. The van der Waals surface area contributed by atoms with Gasteiger partial charge in [0.15, 0.2) is 0 Å². The summed E-state index contributed by atoms with van der Waals surface area (Å²) in [4.78, 5) is 28.0. The van der Waals surface area contributed by atoms with Crippen LogP contribution in [0.25, 0.3) is 0 Å². The molecule has 0 saturated carbocycles. The lowest BCUT2D eigenvalue weighted by Crippen LogP contribution is -2.28. The van der Waals surface area contributed by atoms with Crippen molar-refractivity contribution in [1.29, 1.82) is 0 Å². The highest BCUT2D eigenvalue weighted by atomic mass is 16.5. The Bertz CT molecular complexity index is 711. The van der Waals surface area contributed by atoms with E-state index in [4.69, 9.17) is 15.2 Å². The predicted octanol–water partition coefficient (Wildman–Crippen LogP) is 9.29. The van der Waals surface area contributed by atoms with Gasteiger partial charge in [-0.05, 0) is 96.8 Å². The standard InChI is InChI=1S/C37H70N2O4/c1-4-6-8-15-25-35-32-34(23-7-5-2)24-17-20-31-42-37(41)33(3)22-14-11-13-19-29-39(30-21-27-38)28-18-12-9-10-16-26-36(40)43-35/h23,33,35H,4-22,24-32,38H2,1-3H3/b34-23+. The van der Waals surface area contributed by atoms with Crippen LogP contribution in [0.5, 0.6) is 0 Å². The van der Waals surface area contributed by atoms with Crippen LogP contribution >= 0.6 is 0 Å². The molecule has 1 aliphatic rings. The van der Waals surface area contributed by atoms with Crippen LogP contribution in [-0.2, 0) is 19.1 Å². The monoisotopic (exact) mass is 607 g/mol. The second-order valence-electron chi connectivity index (χ2n) is 13.0. The molecule has 0 bridgehead atoms. The molecule has 2 N–H and O–H groups in total. The number of nitrogens with two attached hydrogens (primary N) is 1. The minimum absolute atomic E-state index is 0.0224. The third-order valence-corrected chi connectivity index (χ3v) is 8.82. The number of ether oxygens (including phenoxy) is 2. The van der Waals surface area contributed by atoms with Gasteiger partial charge in [-0.15, -0.1) is 0 Å². The fraction of sp³-hybridized carbons (Fsp3) is 0.892. The van der Waals surface area contributed by atoms with Gasteiger partial charge in [-0.25, -0.2) is 0 Å². The Hall–Kier alpha value is -1.40. The molecule has 2 atom stereocenters. The summed E-state index contributed by atoms with van der Waals surface area (Å²) in [6.07, 6.45) is 26.8. The van der Waals surface area contributed by atoms with Gasteiger partial charge in [-0.1, -0.05) is 96.6 Å². The topological polar surface area (TPSA) is 81.9 Å². The van der Waals surface area contributed by atoms with Gasteiger partial charge in [0.2, 0.25) is 0 Å². The predicted molar refractivity (Wildman–Crippen MR) is 181 cm³/mol. The molecule has 0 aromatic heterocycles. The van der Waals surface area contributed by atoms with Gasteiger partial charge in [0, 0.05) is 12.8 Å². The van der Waals surface area contributed by atoms with E-state index in [0.717, 1.165) is 110 Å². The van der Waals surface area contributed by atoms with Gasteiger partial charge < -0.3 is 20.1 Å². The average molecular weight is 607 g/mol. The molecule has 0 radical (unpaired) electrons. The van der Waals surface area contributed by atoms with Crippen molar-refractivity contribution in [2.75, 3.05) is 32.8 Å². The zero-order chi connectivity index (χ0) is 31.4. The molecule has 1 aliphatic heterocycles. The molecule has 1 heterocycles. The minimum Gasteiger partial charge on any atom is -0.465 e. The Balaban J connectivity index is 2.76. The van der Waals surface area contributed by atoms with Crippen LogP contribution in [0, 0.1) is 5.92 Å². The van der Waals surface area contributed by atoms with Gasteiger partial charge in [-0.2, -0.15) is 0 Å². The van der Waals surface area contributed by atoms with E-state index in [1.54, 1.807) is 0 Å². The van der Waals surface area contributed by atoms with Crippen LogP contribution in [0.2, 0.25) is 0 Å². The quantitative estimate of drug-likeness (QED) is 0.152. The summed E-state index contributed by atoms with van der Waals surface area (Å²) in [7, 11) is 0. The van der Waals surface area contributed by atoms with Gasteiger partial charge in [-0.3, -0.25) is 9.59 Å². The van der Waals surface area contributed by atoms with Crippen molar-refractivity contribution in [3.63, 3.8) is 0 Å². The Morgan fingerprint density at radius 1 is 0.814 bits per heavy atom. The van der Waals surface area contributed by atoms with Crippen molar-refractivity contribution < 1.29 is 19.1 Å². The number of cyclic esters (lactones) is 2. The third kappa shape index (κ3) is 22.7. The van der Waals surface area contributed by atoms with Gasteiger partial charge >= 0.3 is 11.9 Å². The van der Waals surface area contributed by atoms with Crippen molar-refractivity contribution in [2.24, 2.45) is 11.7 Å². The van der Waals surface area contributed by atoms with E-state index in [-0.39, 0.29) is 24.0 Å². The molecule has 6 nitrogen and oxygen atoms in total. The van der Waals surface area contributed by atoms with Crippen molar-refractivity contribution >= 4 is 11.9 Å². The average Bonchev–Trinajstić information content (AvgIpc) is 3.00. The van der Waals surface area contributed by atoms with E-state index in [1.165, 1.54) is 63.4 Å². The van der Waals surface area contributed by atoms with E-state index >= 15 is 0 Å². The Kier molecular flexibility index (Phi) is 25.9. The first-order valence-electron chi connectivity index (χ1n) is 18.5. The summed E-state index contributed by atoms with van der Waals surface area (Å²) in [5.41, 5.74) is 7.20. The smallest absolute Gasteiger partial charge is 0.308 e. The Morgan fingerprint density at radius 3 is 2.23 bits per heavy atom. The zero-order valence-corrected chi connectivity index (χ0v) is 28.7. The molecule has 0 aliphatic carbocycles. The molecule has 43 heavy (non-hydrogen) atoms. The van der Waals surface area contributed by atoms with Crippen LogP contribution in [-0.4, -0.2) is 55.7 Å². The summed E-state index contributed by atoms with van der Waals surface area (Å²) in [5, 5.41) is 0. The number of hydrogen-bond acceptors (Lipinski definition) is 6. The molecule has 1 saturated heterocycles. The lowest BCUT2D eigenvalue weighted by molar-refractivity contribution is -0.150. The van der Waals surface area contributed by atoms with Crippen LogP contribution in [0.4, 0.5) is 0 Å². The van der Waals surface area contributed by atoms with Gasteiger partial charge in [0.1, 0.15) is 6.10 Å². The fourth-order valence-corrected chi connectivity index (χ4v) is 5.99. The molecule has 252 valence electrons. The van der Waals surface area contributed by atoms with E-state index in [2.05, 4.69) is 24.8 Å². The first kappa shape index (κ1) is 39.6. The highest BCUT2D eigenvalue weighted by molar-refractivity contribution is 5.71. The second kappa shape index (κ2) is 28.1. The largest absolute Gasteiger partial charge is 0.465 e. The van der Waals surface area contributed by atoms with Crippen molar-refractivity contribution in [3.05, 3.63) is 11.6 Å². The maximum Gasteiger partial charge on any atom is 0.308 e. The summed E-state index contributed by atoms with van der Waals surface area (Å²) < 4.78 is 11.8. The van der Waals surface area contributed by atoms with Crippen molar-refractivity contribution in [1.82, 2.24) is 4.90 Å². The SMILES string of the molecule is CCC/C=C1\CCCCOC(=O)C(C)CCCCCCN(CCCN)CCCCCCCC(=O)OC(CCCCCC)C1. The summed E-state index contributed by atoms with van der Waals surface area (Å²) >= 11 is 0. The molecule has 6 heteroatoms. The molecular formula is C37H70N2O4. The number of nitrogens with zero attached hydrogens (tertiary/aromatic N) is 1. The number of carbonyl (C=O) groups excluding carboxylic acids is 2. The minimum atomic E-state index is -0.0461. The highest BCUT2D eigenvalue weighted by Gasteiger charge is 2.17. The maximum absolute atomic E-state index is 12.9. The van der Waals surface area contributed by atoms with Gasteiger partial charge in [0.05, 0.1) is 12.5 Å². The van der Waals surface area contributed by atoms with E-state index in [9.17, 15) is 9.59 Å². The van der Waals surface area contributed by atoms with Crippen molar-refractivity contribution in [3.8, 4) is 0 Å². The fourth-order valence-electron chi connectivity index (χ4n) is 5.99. The summed E-state index contributed by atoms with van der Waals surface area (Å²) in [6.45, 7) is 11.1. The molecule has 0 amide bonds. The van der Waals surface area contributed by atoms with Crippen LogP contribution < -0.4 is 5.73 Å². The van der Waals surface area contributed by atoms with E-state index in [1.807, 2.05) is 6.92 Å². The van der Waals surface area contributed by atoms with Crippen LogP contribution in [0.1, 0.15) is 168 Å². The molecule has 2 unspecified atom stereocenters. The van der Waals surface area contributed by atoms with E-state index < -0.39 is 0 Å². The first-order chi connectivity index (χ1) is 21.0. The number of esters is 2. The number of hydrogen-bond donors (Lipinski definition) is 1. The second-order valence-corrected chi connectivity index (χ2v) is 13.0. The number of rotatable bonds is 10. The lowest BCUT2D eigenvalue weighted by atomic mass is 9.97. The van der Waals surface area contributed by atoms with E-state index in [0.29, 0.717) is 13.0 Å². The van der Waals surface area contributed by atoms with Gasteiger partial charge in [0.25, 0.3) is 0 Å². The summed E-state index contributed by atoms with van der Waals surface area (Å²) in [5.74, 6) is -0.0938. The number of allylic oxidation sites excluding steroid dienone is 1.